The summed E-state index contributed by atoms with van der Waals surface area (Å²) >= 11 is 0. The molecule has 38 heteroatoms. The first-order valence-electron chi connectivity index (χ1n) is 31.2. The maximum Gasteiger partial charge on any atom is 0.331 e. The first-order chi connectivity index (χ1) is 47.8. The zero-order chi connectivity index (χ0) is 75.6. The van der Waals surface area contributed by atoms with Crippen LogP contribution < -0.4 is 30.7 Å². The number of rotatable bonds is 10. The molecular formula is C64H78N14O24. The van der Waals surface area contributed by atoms with Crippen molar-refractivity contribution in [3.63, 3.8) is 0 Å². The second-order valence-electron chi connectivity index (χ2n) is 24.8. The van der Waals surface area contributed by atoms with Crippen LogP contribution in [0.2, 0.25) is 0 Å². The monoisotopic (exact) mass is 1430 g/mol. The molecule has 0 radical (unpaired) electrons. The molecule has 3 aliphatic rings. The van der Waals surface area contributed by atoms with E-state index in [9.17, 15) is 78.0 Å². The fourth-order valence-corrected chi connectivity index (χ4v) is 11.0. The highest BCUT2D eigenvalue weighted by Gasteiger charge is 2.48. The second-order valence-corrected chi connectivity index (χ2v) is 24.8. The third kappa shape index (κ3) is 18.6. The highest BCUT2D eigenvalue weighted by atomic mass is 16.6. The minimum Gasteiger partial charge on any atom is -0.505 e. The standard InChI is InChI=1S/C64H78N14O24/c1-31(79)101-43-17-19-67-77-51(43)57(89)65-25-45(83)73(7)27-47(85)75(9)54(64(5,6)96)62(94)100-30-40(72-56(88)50-42(82)24-34-22-36(98-12)14-16-38(34)70-50)60(92)78-52(44(18-20-68-78)102-32(2)80)58(90)66-26-46(84)74(8)28-48(86)76(10)53(63(3,4)95)61(93)99-29-39(59(77)91)71-55(87)49-41(81)23-33-21-35(97-11)13-15-37(33)69-49/h13-16,19-24,39-40,43-44,51-54,81-82,95-96H,17-18,25-30H2,1-12H3,(H,65,89)(H,66,90)(H,71,87)(H,72,88)/t39-,40-,43-,44-,51+,52+,53-,54-/m1/s1. The van der Waals surface area contributed by atoms with Crippen molar-refractivity contribution in [3.8, 4) is 23.0 Å². The molecule has 5 heterocycles. The van der Waals surface area contributed by atoms with E-state index in [1.807, 2.05) is 0 Å². The van der Waals surface area contributed by atoms with Crippen LogP contribution in [0.4, 0.5) is 0 Å². The molecule has 8 atom stereocenters. The molecule has 2 aromatic carbocycles. The molecule has 3 aliphatic heterocycles. The number of cyclic esters (lactones) is 2. The highest BCUT2D eigenvalue weighted by molar-refractivity contribution is 6.04. The lowest BCUT2D eigenvalue weighted by atomic mass is 9.97. The molecule has 548 valence electrons. The van der Waals surface area contributed by atoms with Gasteiger partial charge in [0.1, 0.15) is 60.5 Å². The van der Waals surface area contributed by atoms with Gasteiger partial charge in [-0.25, -0.2) is 29.6 Å². The van der Waals surface area contributed by atoms with Crippen molar-refractivity contribution in [1.82, 2.24) is 60.9 Å². The van der Waals surface area contributed by atoms with Crippen molar-refractivity contribution < 1.29 is 116 Å². The van der Waals surface area contributed by atoms with E-state index in [1.54, 1.807) is 0 Å². The number of nitrogens with one attached hydrogen (secondary N) is 4. The van der Waals surface area contributed by atoms with Crippen LogP contribution in [0.3, 0.4) is 0 Å². The summed E-state index contributed by atoms with van der Waals surface area (Å²) in [6.07, 6.45) is -1.81. The van der Waals surface area contributed by atoms with Crippen molar-refractivity contribution in [2.24, 2.45) is 10.2 Å². The Kier molecular flexibility index (Phi) is 24.8. The number of hydrogen-bond donors (Lipinski definition) is 8. The lowest BCUT2D eigenvalue weighted by molar-refractivity contribution is -0.167. The average Bonchev–Trinajstić information content (AvgIpc) is 0.825. The van der Waals surface area contributed by atoms with E-state index in [4.69, 9.17) is 28.4 Å². The van der Waals surface area contributed by atoms with Gasteiger partial charge in [0.05, 0.1) is 62.6 Å². The van der Waals surface area contributed by atoms with Gasteiger partial charge in [-0.2, -0.15) is 10.2 Å². The van der Waals surface area contributed by atoms with Gasteiger partial charge in [-0.1, -0.05) is 0 Å². The molecule has 2 aromatic heterocycles. The molecule has 10 amide bonds. The Bertz CT molecular complexity index is 3800. The number of carbonyl (C=O) groups is 14. The van der Waals surface area contributed by atoms with Crippen molar-refractivity contribution in [2.75, 3.05) is 81.8 Å². The van der Waals surface area contributed by atoms with Crippen molar-refractivity contribution >= 4 is 117 Å². The third-order valence-corrected chi connectivity index (χ3v) is 16.1. The predicted octanol–water partition coefficient (Wildman–Crippen LogP) is -3.41. The highest BCUT2D eigenvalue weighted by Crippen LogP contribution is 2.30. The summed E-state index contributed by atoms with van der Waals surface area (Å²) < 4.78 is 32.6. The van der Waals surface area contributed by atoms with Gasteiger partial charge in [-0.15, -0.1) is 0 Å². The van der Waals surface area contributed by atoms with Crippen LogP contribution in [0.25, 0.3) is 21.8 Å². The van der Waals surface area contributed by atoms with Crippen molar-refractivity contribution in [3.05, 3.63) is 59.9 Å². The summed E-state index contributed by atoms with van der Waals surface area (Å²) in [5.74, 6) is -17.8. The number of hydrogen-bond acceptors (Lipinski definition) is 28. The fourth-order valence-electron chi connectivity index (χ4n) is 11.0. The number of aromatic hydroxyl groups is 2. The number of nitrogens with zero attached hydrogens (tertiary/aromatic N) is 10. The van der Waals surface area contributed by atoms with E-state index in [1.165, 1.54) is 50.6 Å². The zero-order valence-corrected chi connectivity index (χ0v) is 57.5. The molecule has 0 unspecified atom stereocenters. The van der Waals surface area contributed by atoms with Crippen LogP contribution in [0.15, 0.2) is 58.7 Å². The van der Waals surface area contributed by atoms with Crippen LogP contribution in [-0.4, -0.2) is 297 Å². The van der Waals surface area contributed by atoms with Gasteiger partial charge >= 0.3 is 23.9 Å². The first kappa shape index (κ1) is 77.6. The molecule has 7 rings (SSSR count). The molecule has 0 aliphatic carbocycles. The van der Waals surface area contributed by atoms with Crippen LogP contribution in [0, 0.1) is 0 Å². The fraction of sp³-hybridized carbons (Fsp3) is 0.469. The van der Waals surface area contributed by atoms with Gasteiger partial charge in [0.25, 0.3) is 23.6 Å². The Morgan fingerprint density at radius 1 is 0.549 bits per heavy atom. The second kappa shape index (κ2) is 32.5. The molecule has 0 spiro atoms. The molecule has 0 bridgehead atoms. The number of esters is 4. The molecule has 8 N–H and O–H groups in total. The van der Waals surface area contributed by atoms with Crippen molar-refractivity contribution in [2.45, 2.75) is 114 Å². The van der Waals surface area contributed by atoms with Crippen LogP contribution in [0.1, 0.15) is 75.4 Å². The Balaban J connectivity index is 1.27. The Morgan fingerprint density at radius 3 is 1.23 bits per heavy atom. The average molecular weight is 1430 g/mol. The number of aliphatic hydroxyl groups is 2. The topological polar surface area (TPSA) is 493 Å². The number of pyridine rings is 2. The van der Waals surface area contributed by atoms with E-state index in [0.717, 1.165) is 104 Å². The Labute approximate surface area is 581 Å². The van der Waals surface area contributed by atoms with E-state index in [0.29, 0.717) is 42.1 Å². The molecule has 0 saturated carbocycles. The lowest BCUT2D eigenvalue weighted by Gasteiger charge is -2.37. The summed E-state index contributed by atoms with van der Waals surface area (Å²) in [7, 11) is 7.00. The van der Waals surface area contributed by atoms with E-state index >= 15 is 9.59 Å². The maximum absolute atomic E-state index is 15.1. The number of fused-ring (bicyclic) bond motifs is 4. The summed E-state index contributed by atoms with van der Waals surface area (Å²) in [4.78, 5) is 209. The van der Waals surface area contributed by atoms with Crippen molar-refractivity contribution in [1.29, 1.82) is 0 Å². The van der Waals surface area contributed by atoms with Gasteiger partial charge < -0.3 is 89.7 Å². The van der Waals surface area contributed by atoms with Gasteiger partial charge in [0.15, 0.2) is 35.6 Å². The smallest absolute Gasteiger partial charge is 0.331 e. The number of likely N-dealkylation sites (N-methyl/N-ethyl adjacent to an activating group) is 4. The summed E-state index contributed by atoms with van der Waals surface area (Å²) in [5, 5.41) is 64.1. The molecule has 1 fully saturated rings. The third-order valence-electron chi connectivity index (χ3n) is 16.1. The SMILES string of the molecule is COc1ccc2nc(C(=O)N[C@@H]3COC(=O)[C@H](C(C)(C)O)N(C)C(=O)CN(C)C(=O)CNC(=O)[C@@H]4[C@H](OC(C)=O)CC=NN4C(=O)[C@H](NC(=O)c4nc5ccc(OC)cc5cc4O)COC(=O)[C@H](C(C)(C)O)N(C)C(=O)CN(C)C(=O)CNC(=O)[C@@H]4[C@H](OC(C)=O)CC=NN4C3=O)c(O)cc2c1. The summed E-state index contributed by atoms with van der Waals surface area (Å²) in [6.45, 7) is 0.0139. The molecule has 102 heavy (non-hydrogen) atoms. The maximum atomic E-state index is 15.1. The van der Waals surface area contributed by atoms with E-state index in [2.05, 4.69) is 41.4 Å². The molecular weight excluding hydrogens is 1350 g/mol. The summed E-state index contributed by atoms with van der Waals surface area (Å²) in [6, 6.07) is -1.30. The van der Waals surface area contributed by atoms with Gasteiger partial charge in [0, 0.05) is 78.1 Å². The number of ether oxygens (including phenoxy) is 6. The number of carbonyl (C=O) groups excluding carboxylic acids is 14. The van der Waals surface area contributed by atoms with Gasteiger partial charge in [-0.05, 0) is 76.2 Å². The number of hydrazone groups is 2. The van der Waals surface area contributed by atoms with Crippen LogP contribution in [-0.2, 0) is 76.5 Å². The lowest BCUT2D eigenvalue weighted by Crippen LogP contribution is -2.62. The van der Waals surface area contributed by atoms with E-state index < -0.39 is 205 Å². The normalized spacial score (nSPS) is 22.6. The first-order valence-corrected chi connectivity index (χ1v) is 31.2. The minimum atomic E-state index is -2.25. The minimum absolute atomic E-state index is 0.137. The molecule has 4 aromatic rings. The van der Waals surface area contributed by atoms with E-state index in [-0.39, 0.29) is 23.9 Å². The van der Waals surface area contributed by atoms with Crippen LogP contribution >= 0.6 is 0 Å². The number of amides is 10. The predicted molar refractivity (Wildman–Crippen MR) is 350 cm³/mol. The number of benzene rings is 2. The van der Waals surface area contributed by atoms with Crippen LogP contribution in [0.5, 0.6) is 23.0 Å². The quantitative estimate of drug-likeness (QED) is 0.0566. The zero-order valence-electron chi connectivity index (χ0n) is 57.5. The largest absolute Gasteiger partial charge is 0.505 e. The Morgan fingerprint density at radius 2 is 0.902 bits per heavy atom. The van der Waals surface area contributed by atoms with Gasteiger partial charge in [-0.3, -0.25) is 57.5 Å². The molecule has 1 saturated heterocycles. The summed E-state index contributed by atoms with van der Waals surface area (Å²) in [5.41, 5.74) is -5.60. The molecule has 38 nitrogen and oxygen atoms in total. The number of methoxy groups -OCH3 is 2. The Hall–Kier alpha value is -11.7. The van der Waals surface area contributed by atoms with Gasteiger partial charge in [0.2, 0.25) is 35.4 Å². The number of aromatic nitrogens is 2.